The van der Waals surface area contributed by atoms with Gasteiger partial charge in [0.05, 0.1) is 11.2 Å². The van der Waals surface area contributed by atoms with Crippen molar-refractivity contribution < 1.29 is 10.2 Å². The molecule has 0 spiro atoms. The Balaban J connectivity index is 1.92. The van der Waals surface area contributed by atoms with Gasteiger partial charge in [0.1, 0.15) is 0 Å². The first-order valence-electron chi connectivity index (χ1n) is 6.68. The second kappa shape index (κ2) is 5.00. The van der Waals surface area contributed by atoms with E-state index >= 15 is 0 Å². The molecule has 1 saturated heterocycles. The summed E-state index contributed by atoms with van der Waals surface area (Å²) >= 11 is 0. The maximum Gasteiger partial charge on any atom is 0.0994 e. The lowest BCUT2D eigenvalue weighted by atomic mass is 9.86. The van der Waals surface area contributed by atoms with E-state index in [4.69, 9.17) is 0 Å². The fourth-order valence-corrected chi connectivity index (χ4v) is 2.85. The number of nitrogens with zero attached hydrogens (tertiary/aromatic N) is 1. The number of likely N-dealkylation sites (tertiary alicyclic amines) is 1. The molecule has 1 atom stereocenters. The Labute approximate surface area is 109 Å². The number of hydrogen-bond acceptors (Lipinski definition) is 3. The third-order valence-electron chi connectivity index (χ3n) is 3.68. The molecule has 100 valence electrons. The molecular weight excluding hydrogens is 226 g/mol. The SMILES string of the molecule is CCCC1(O)CN(CC(C)(O)c2ccccc2)C1. The predicted molar refractivity (Wildman–Crippen MR) is 72.3 cm³/mol. The summed E-state index contributed by atoms with van der Waals surface area (Å²) in [5.74, 6) is 0. The van der Waals surface area contributed by atoms with Gasteiger partial charge >= 0.3 is 0 Å². The van der Waals surface area contributed by atoms with Crippen molar-refractivity contribution in [3.8, 4) is 0 Å². The minimum Gasteiger partial charge on any atom is -0.387 e. The first-order valence-corrected chi connectivity index (χ1v) is 6.68. The smallest absolute Gasteiger partial charge is 0.0994 e. The second-order valence-electron chi connectivity index (χ2n) is 5.76. The molecule has 3 heteroatoms. The van der Waals surface area contributed by atoms with E-state index in [1.807, 2.05) is 37.3 Å². The summed E-state index contributed by atoms with van der Waals surface area (Å²) in [4.78, 5) is 2.11. The van der Waals surface area contributed by atoms with Gasteiger partial charge in [0.25, 0.3) is 0 Å². The monoisotopic (exact) mass is 249 g/mol. The predicted octanol–water partition coefficient (Wildman–Crippen LogP) is 1.74. The van der Waals surface area contributed by atoms with Crippen molar-refractivity contribution in [2.24, 2.45) is 0 Å². The Morgan fingerprint density at radius 3 is 2.44 bits per heavy atom. The van der Waals surface area contributed by atoms with Crippen LogP contribution in [-0.2, 0) is 5.60 Å². The lowest BCUT2D eigenvalue weighted by molar-refractivity contribution is -0.127. The highest BCUT2D eigenvalue weighted by atomic mass is 16.3. The Kier molecular flexibility index (Phi) is 3.76. The Morgan fingerprint density at radius 2 is 1.89 bits per heavy atom. The standard InChI is InChI=1S/C15H23NO2/c1-3-9-15(18)11-16(12-15)10-14(2,17)13-7-5-4-6-8-13/h4-8,17-18H,3,9-12H2,1-2H3. The van der Waals surface area contributed by atoms with E-state index in [0.717, 1.165) is 18.4 Å². The molecule has 18 heavy (non-hydrogen) atoms. The van der Waals surface area contributed by atoms with Crippen molar-refractivity contribution in [1.29, 1.82) is 0 Å². The molecule has 2 N–H and O–H groups in total. The summed E-state index contributed by atoms with van der Waals surface area (Å²) in [5, 5.41) is 20.6. The van der Waals surface area contributed by atoms with Crippen LogP contribution < -0.4 is 0 Å². The van der Waals surface area contributed by atoms with Crippen molar-refractivity contribution in [2.45, 2.75) is 37.9 Å². The third-order valence-corrected chi connectivity index (χ3v) is 3.68. The molecular formula is C15H23NO2. The Bertz CT molecular complexity index is 383. The van der Waals surface area contributed by atoms with Crippen LogP contribution in [0.15, 0.2) is 30.3 Å². The summed E-state index contributed by atoms with van der Waals surface area (Å²) < 4.78 is 0. The molecule has 1 aromatic carbocycles. The minimum atomic E-state index is -0.852. The van der Waals surface area contributed by atoms with E-state index < -0.39 is 11.2 Å². The van der Waals surface area contributed by atoms with Crippen LogP contribution in [0.25, 0.3) is 0 Å². The number of rotatable bonds is 5. The Morgan fingerprint density at radius 1 is 1.28 bits per heavy atom. The summed E-state index contributed by atoms with van der Waals surface area (Å²) in [6, 6.07) is 9.71. The van der Waals surface area contributed by atoms with E-state index in [9.17, 15) is 10.2 Å². The molecule has 0 aliphatic carbocycles. The molecule has 1 fully saturated rings. The van der Waals surface area contributed by atoms with E-state index in [2.05, 4.69) is 11.8 Å². The van der Waals surface area contributed by atoms with Gasteiger partial charge in [-0.05, 0) is 18.9 Å². The number of hydrogen-bond donors (Lipinski definition) is 2. The van der Waals surface area contributed by atoms with Crippen molar-refractivity contribution >= 4 is 0 Å². The van der Waals surface area contributed by atoms with Gasteiger partial charge in [0.15, 0.2) is 0 Å². The molecule has 0 bridgehead atoms. The molecule has 0 radical (unpaired) electrons. The van der Waals surface area contributed by atoms with E-state index in [-0.39, 0.29) is 0 Å². The maximum atomic E-state index is 10.5. The average molecular weight is 249 g/mol. The van der Waals surface area contributed by atoms with Crippen molar-refractivity contribution in [3.63, 3.8) is 0 Å². The van der Waals surface area contributed by atoms with E-state index in [0.29, 0.717) is 19.6 Å². The van der Waals surface area contributed by atoms with Crippen LogP contribution in [0.4, 0.5) is 0 Å². The Hall–Kier alpha value is -0.900. The minimum absolute atomic E-state index is 0.526. The molecule has 0 saturated carbocycles. The molecule has 1 aromatic rings. The average Bonchev–Trinajstić information content (AvgIpc) is 2.28. The molecule has 2 rings (SSSR count). The fraction of sp³-hybridized carbons (Fsp3) is 0.600. The highest BCUT2D eigenvalue weighted by molar-refractivity contribution is 5.22. The topological polar surface area (TPSA) is 43.7 Å². The molecule has 1 heterocycles. The number of aliphatic hydroxyl groups is 2. The molecule has 0 aromatic heterocycles. The van der Waals surface area contributed by atoms with Crippen LogP contribution in [-0.4, -0.2) is 40.3 Å². The lowest BCUT2D eigenvalue weighted by Gasteiger charge is -2.49. The first-order chi connectivity index (χ1) is 8.45. The molecule has 1 unspecified atom stereocenters. The largest absolute Gasteiger partial charge is 0.387 e. The zero-order valence-electron chi connectivity index (χ0n) is 11.3. The van der Waals surface area contributed by atoms with Gasteiger partial charge in [-0.3, -0.25) is 4.90 Å². The second-order valence-corrected chi connectivity index (χ2v) is 5.76. The summed E-state index contributed by atoms with van der Waals surface area (Å²) in [7, 11) is 0. The van der Waals surface area contributed by atoms with Crippen LogP contribution in [0.5, 0.6) is 0 Å². The van der Waals surface area contributed by atoms with Crippen LogP contribution >= 0.6 is 0 Å². The summed E-state index contributed by atoms with van der Waals surface area (Å²) in [6.45, 7) is 5.83. The quantitative estimate of drug-likeness (QED) is 0.835. The highest BCUT2D eigenvalue weighted by Crippen LogP contribution is 2.30. The van der Waals surface area contributed by atoms with Crippen LogP contribution in [0, 0.1) is 0 Å². The summed E-state index contributed by atoms with van der Waals surface area (Å²) in [6.07, 6.45) is 1.84. The van der Waals surface area contributed by atoms with Gasteiger partial charge in [0.2, 0.25) is 0 Å². The van der Waals surface area contributed by atoms with Crippen molar-refractivity contribution in [3.05, 3.63) is 35.9 Å². The highest BCUT2D eigenvalue weighted by Gasteiger charge is 2.42. The zero-order chi connectivity index (χ0) is 13.2. The maximum absolute atomic E-state index is 10.5. The number of β-amino-alcohol motifs (C(OH)–C–C–N with tert-alkyl or cyclic N) is 2. The van der Waals surface area contributed by atoms with Crippen LogP contribution in [0.2, 0.25) is 0 Å². The zero-order valence-corrected chi connectivity index (χ0v) is 11.3. The van der Waals surface area contributed by atoms with Crippen molar-refractivity contribution in [1.82, 2.24) is 4.90 Å². The third kappa shape index (κ3) is 2.91. The van der Waals surface area contributed by atoms with Gasteiger partial charge < -0.3 is 10.2 Å². The normalized spacial score (nSPS) is 22.2. The van der Waals surface area contributed by atoms with Gasteiger partial charge in [-0.15, -0.1) is 0 Å². The van der Waals surface area contributed by atoms with E-state index in [1.54, 1.807) is 0 Å². The van der Waals surface area contributed by atoms with Crippen LogP contribution in [0.1, 0.15) is 32.3 Å². The van der Waals surface area contributed by atoms with Crippen molar-refractivity contribution in [2.75, 3.05) is 19.6 Å². The van der Waals surface area contributed by atoms with E-state index in [1.165, 1.54) is 0 Å². The molecule has 1 aliphatic heterocycles. The van der Waals surface area contributed by atoms with Gasteiger partial charge in [-0.25, -0.2) is 0 Å². The van der Waals surface area contributed by atoms with Crippen LogP contribution in [0.3, 0.4) is 0 Å². The molecule has 1 aliphatic rings. The lowest BCUT2D eigenvalue weighted by Crippen LogP contribution is -2.63. The van der Waals surface area contributed by atoms with Gasteiger partial charge in [0, 0.05) is 19.6 Å². The first kappa shape index (κ1) is 13.5. The van der Waals surface area contributed by atoms with Gasteiger partial charge in [-0.1, -0.05) is 43.7 Å². The fourth-order valence-electron chi connectivity index (χ4n) is 2.85. The summed E-state index contributed by atoms with van der Waals surface area (Å²) in [5.41, 5.74) is -0.452. The molecule has 3 nitrogen and oxygen atoms in total. The van der Waals surface area contributed by atoms with Gasteiger partial charge in [-0.2, -0.15) is 0 Å². The number of benzene rings is 1. The molecule has 0 amide bonds.